The average molecular weight is 215 g/mol. The van der Waals surface area contributed by atoms with Crippen molar-refractivity contribution in [2.45, 2.75) is 0 Å². The highest BCUT2D eigenvalue weighted by Gasteiger charge is 2.06. The van der Waals surface area contributed by atoms with Crippen LogP contribution in [0.2, 0.25) is 5.02 Å². The number of thiazole rings is 1. The molecule has 0 bridgehead atoms. The van der Waals surface area contributed by atoms with Crippen LogP contribution in [-0.2, 0) is 7.05 Å². The molecule has 0 saturated heterocycles. The first-order valence-corrected chi connectivity index (χ1v) is 4.83. The van der Waals surface area contributed by atoms with Crippen molar-refractivity contribution in [1.82, 2.24) is 4.57 Å². The molecular weight excluding hydrogens is 208 g/mol. The Balaban J connectivity index is 2.97. The van der Waals surface area contributed by atoms with E-state index in [1.54, 1.807) is 23.7 Å². The van der Waals surface area contributed by atoms with Gasteiger partial charge >= 0.3 is 4.87 Å². The van der Waals surface area contributed by atoms with Gasteiger partial charge in [-0.05, 0) is 12.1 Å². The fourth-order valence-electron chi connectivity index (χ4n) is 1.16. The van der Waals surface area contributed by atoms with Crippen molar-refractivity contribution in [2.24, 2.45) is 7.05 Å². The first kappa shape index (κ1) is 8.59. The maximum atomic E-state index is 11.3. The summed E-state index contributed by atoms with van der Waals surface area (Å²) in [6, 6.07) is 3.44. The van der Waals surface area contributed by atoms with Crippen molar-refractivity contribution in [1.29, 1.82) is 0 Å². The van der Waals surface area contributed by atoms with Gasteiger partial charge in [0.2, 0.25) is 0 Å². The molecule has 0 radical (unpaired) electrons. The highest BCUT2D eigenvalue weighted by atomic mass is 35.5. The number of aromatic nitrogens is 1. The third-order valence-electron chi connectivity index (χ3n) is 1.91. The lowest BCUT2D eigenvalue weighted by molar-refractivity contribution is 0.939. The lowest BCUT2D eigenvalue weighted by Gasteiger charge is -1.98. The number of nitrogens with two attached hydrogens (primary N) is 1. The molecule has 0 unspecified atom stereocenters. The molecule has 2 aromatic rings. The van der Waals surface area contributed by atoms with Crippen LogP contribution < -0.4 is 10.6 Å². The Bertz CT molecular complexity index is 529. The van der Waals surface area contributed by atoms with Crippen molar-refractivity contribution >= 4 is 38.8 Å². The number of fused-ring (bicyclic) bond motifs is 1. The van der Waals surface area contributed by atoms with Crippen LogP contribution in [0.15, 0.2) is 16.9 Å². The van der Waals surface area contributed by atoms with E-state index < -0.39 is 0 Å². The van der Waals surface area contributed by atoms with E-state index in [-0.39, 0.29) is 4.87 Å². The third kappa shape index (κ3) is 1.22. The molecule has 1 aromatic heterocycles. The number of anilines is 1. The highest BCUT2D eigenvalue weighted by Crippen LogP contribution is 2.26. The van der Waals surface area contributed by atoms with E-state index in [0.29, 0.717) is 10.7 Å². The van der Waals surface area contributed by atoms with Gasteiger partial charge in [0, 0.05) is 7.05 Å². The summed E-state index contributed by atoms with van der Waals surface area (Å²) in [5.41, 5.74) is 6.95. The SMILES string of the molecule is Cn1c(=O)sc2cc(N)c(Cl)cc21. The summed E-state index contributed by atoms with van der Waals surface area (Å²) in [5.74, 6) is 0. The second-order valence-electron chi connectivity index (χ2n) is 2.77. The van der Waals surface area contributed by atoms with Gasteiger partial charge in [-0.2, -0.15) is 0 Å². The van der Waals surface area contributed by atoms with Crippen LogP contribution in [0, 0.1) is 0 Å². The number of nitrogens with zero attached hydrogens (tertiary/aromatic N) is 1. The summed E-state index contributed by atoms with van der Waals surface area (Å²) in [6.07, 6.45) is 0. The van der Waals surface area contributed by atoms with Crippen molar-refractivity contribution in [2.75, 3.05) is 5.73 Å². The first-order chi connectivity index (χ1) is 6.09. The Morgan fingerprint density at radius 1 is 1.54 bits per heavy atom. The van der Waals surface area contributed by atoms with Crippen LogP contribution in [0.25, 0.3) is 10.2 Å². The predicted molar refractivity (Wildman–Crippen MR) is 56.5 cm³/mol. The lowest BCUT2D eigenvalue weighted by atomic mass is 10.3. The van der Waals surface area contributed by atoms with Gasteiger partial charge in [0.25, 0.3) is 0 Å². The Morgan fingerprint density at radius 3 is 2.92 bits per heavy atom. The Morgan fingerprint density at radius 2 is 2.23 bits per heavy atom. The van der Waals surface area contributed by atoms with E-state index >= 15 is 0 Å². The zero-order chi connectivity index (χ0) is 9.59. The smallest absolute Gasteiger partial charge is 0.307 e. The zero-order valence-corrected chi connectivity index (χ0v) is 8.45. The van der Waals surface area contributed by atoms with Gasteiger partial charge in [-0.3, -0.25) is 4.79 Å². The van der Waals surface area contributed by atoms with Crippen LogP contribution >= 0.6 is 22.9 Å². The fourth-order valence-corrected chi connectivity index (χ4v) is 2.23. The van der Waals surface area contributed by atoms with Gasteiger partial charge in [-0.1, -0.05) is 22.9 Å². The molecule has 0 fully saturated rings. The molecule has 13 heavy (non-hydrogen) atoms. The minimum absolute atomic E-state index is 0.00309. The maximum absolute atomic E-state index is 11.3. The first-order valence-electron chi connectivity index (χ1n) is 3.64. The number of benzene rings is 1. The largest absolute Gasteiger partial charge is 0.397 e. The third-order valence-corrected chi connectivity index (χ3v) is 3.23. The molecule has 0 amide bonds. The number of rotatable bonds is 0. The number of halogens is 1. The Kier molecular flexibility index (Phi) is 1.82. The summed E-state index contributed by atoms with van der Waals surface area (Å²) in [7, 11) is 1.72. The minimum Gasteiger partial charge on any atom is -0.397 e. The maximum Gasteiger partial charge on any atom is 0.307 e. The van der Waals surface area contributed by atoms with Crippen molar-refractivity contribution in [3.8, 4) is 0 Å². The van der Waals surface area contributed by atoms with Crippen molar-refractivity contribution in [3.05, 3.63) is 26.8 Å². The minimum atomic E-state index is -0.00309. The zero-order valence-electron chi connectivity index (χ0n) is 6.87. The number of hydrogen-bond donors (Lipinski definition) is 1. The number of hydrogen-bond acceptors (Lipinski definition) is 3. The molecule has 1 aromatic carbocycles. The average Bonchev–Trinajstić information content (AvgIpc) is 2.32. The molecule has 0 spiro atoms. The molecule has 1 heterocycles. The summed E-state index contributed by atoms with van der Waals surface area (Å²) in [4.78, 5) is 11.3. The predicted octanol–water partition coefficient (Wildman–Crippen LogP) is 1.84. The quantitative estimate of drug-likeness (QED) is 0.681. The standard InChI is InChI=1S/C8H7ClN2OS/c1-11-6-2-4(9)5(10)3-7(6)13-8(11)12/h2-3H,10H2,1H3. The molecule has 0 aliphatic heterocycles. The second-order valence-corrected chi connectivity index (χ2v) is 4.17. The molecule has 2 rings (SSSR count). The summed E-state index contributed by atoms with van der Waals surface area (Å²) in [5, 5.41) is 0.487. The van der Waals surface area contributed by atoms with E-state index in [1.807, 2.05) is 0 Å². The molecule has 0 aliphatic carbocycles. The number of aryl methyl sites for hydroxylation is 1. The van der Waals surface area contributed by atoms with E-state index in [2.05, 4.69) is 0 Å². The molecule has 68 valence electrons. The van der Waals surface area contributed by atoms with E-state index in [9.17, 15) is 4.79 Å². The van der Waals surface area contributed by atoms with Gasteiger partial charge in [0.1, 0.15) is 0 Å². The Labute approximate surface area is 83.4 Å². The van der Waals surface area contributed by atoms with Crippen LogP contribution in [0.1, 0.15) is 0 Å². The van der Waals surface area contributed by atoms with Gasteiger partial charge in [0.05, 0.1) is 20.9 Å². The Hall–Kier alpha value is -1.00. The van der Waals surface area contributed by atoms with Crippen LogP contribution in [0.4, 0.5) is 5.69 Å². The monoisotopic (exact) mass is 214 g/mol. The summed E-state index contributed by atoms with van der Waals surface area (Å²) < 4.78 is 2.43. The molecule has 0 saturated carbocycles. The second kappa shape index (κ2) is 2.75. The molecule has 0 atom stereocenters. The molecule has 0 aliphatic rings. The summed E-state index contributed by atoms with van der Waals surface area (Å²) >= 11 is 7.00. The normalized spacial score (nSPS) is 10.9. The van der Waals surface area contributed by atoms with E-state index in [0.717, 1.165) is 10.2 Å². The topological polar surface area (TPSA) is 48.0 Å². The summed E-state index contributed by atoms with van der Waals surface area (Å²) in [6.45, 7) is 0. The molecule has 5 heteroatoms. The van der Waals surface area contributed by atoms with Crippen molar-refractivity contribution < 1.29 is 0 Å². The van der Waals surface area contributed by atoms with Crippen LogP contribution in [0.5, 0.6) is 0 Å². The molecular formula is C8H7ClN2OS. The number of nitrogen functional groups attached to an aromatic ring is 1. The van der Waals surface area contributed by atoms with Crippen LogP contribution in [0.3, 0.4) is 0 Å². The lowest BCUT2D eigenvalue weighted by Crippen LogP contribution is -2.06. The van der Waals surface area contributed by atoms with Gasteiger partial charge in [-0.15, -0.1) is 0 Å². The fraction of sp³-hybridized carbons (Fsp3) is 0.125. The van der Waals surface area contributed by atoms with E-state index in [1.165, 1.54) is 11.3 Å². The van der Waals surface area contributed by atoms with Gasteiger partial charge < -0.3 is 10.3 Å². The van der Waals surface area contributed by atoms with Crippen molar-refractivity contribution in [3.63, 3.8) is 0 Å². The van der Waals surface area contributed by atoms with Gasteiger partial charge in [-0.25, -0.2) is 0 Å². The highest BCUT2D eigenvalue weighted by molar-refractivity contribution is 7.16. The molecule has 2 N–H and O–H groups in total. The molecule has 3 nitrogen and oxygen atoms in total. The van der Waals surface area contributed by atoms with Gasteiger partial charge in [0.15, 0.2) is 0 Å². The van der Waals surface area contributed by atoms with E-state index in [4.69, 9.17) is 17.3 Å². The van der Waals surface area contributed by atoms with Crippen LogP contribution in [-0.4, -0.2) is 4.57 Å².